The predicted molar refractivity (Wildman–Crippen MR) is 144 cm³/mol. The van der Waals surface area contributed by atoms with Gasteiger partial charge in [0.25, 0.3) is 0 Å². The van der Waals surface area contributed by atoms with Crippen LogP contribution < -0.4 is 22.4 Å². The van der Waals surface area contributed by atoms with Gasteiger partial charge in [-0.15, -0.1) is 16.9 Å². The molecule has 3 rings (SSSR count). The summed E-state index contributed by atoms with van der Waals surface area (Å²) in [4.78, 5) is 14.1. The second kappa shape index (κ2) is 10.8. The number of hydrogen-bond donors (Lipinski definition) is 4. The summed E-state index contributed by atoms with van der Waals surface area (Å²) >= 11 is 1.71. The molecule has 34 heavy (non-hydrogen) atoms. The highest BCUT2D eigenvalue weighted by Gasteiger charge is 2.18. The summed E-state index contributed by atoms with van der Waals surface area (Å²) in [5.41, 5.74) is 15.0. The topological polar surface area (TPSA) is 106 Å². The van der Waals surface area contributed by atoms with Crippen molar-refractivity contribution in [1.29, 1.82) is 0 Å². The number of anilines is 1. The van der Waals surface area contributed by atoms with Crippen LogP contribution in [0.1, 0.15) is 43.0 Å². The van der Waals surface area contributed by atoms with Gasteiger partial charge in [-0.1, -0.05) is 74.9 Å². The number of benzene rings is 3. The van der Waals surface area contributed by atoms with Crippen molar-refractivity contribution in [1.82, 2.24) is 5.53 Å². The third-order valence-electron chi connectivity index (χ3n) is 5.22. The lowest BCUT2D eigenvalue weighted by Gasteiger charge is -2.21. The number of carbonyl (C=O) groups excluding carboxylic acids is 1. The van der Waals surface area contributed by atoms with E-state index in [1.165, 1.54) is 5.56 Å². The molecule has 0 atom stereocenters. The molecular formula is C27H33N5OS. The molecule has 6 nitrogen and oxygen atoms in total. The molecule has 0 aliphatic carbocycles. The van der Waals surface area contributed by atoms with Gasteiger partial charge in [-0.3, -0.25) is 4.79 Å². The molecule has 0 aliphatic heterocycles. The Balaban J connectivity index is 1.99. The number of amidine groups is 1. The van der Waals surface area contributed by atoms with Gasteiger partial charge in [-0.05, 0) is 48.2 Å². The van der Waals surface area contributed by atoms with E-state index in [0.29, 0.717) is 6.42 Å². The highest BCUT2D eigenvalue weighted by atomic mass is 32.2. The highest BCUT2D eigenvalue weighted by molar-refractivity contribution is 8.00. The van der Waals surface area contributed by atoms with Crippen LogP contribution >= 0.6 is 11.8 Å². The van der Waals surface area contributed by atoms with E-state index in [-0.39, 0.29) is 16.5 Å². The van der Waals surface area contributed by atoms with Gasteiger partial charge < -0.3 is 11.1 Å². The van der Waals surface area contributed by atoms with Crippen LogP contribution in [0.5, 0.6) is 0 Å². The Bertz CT molecular complexity index is 1210. The Kier molecular flexibility index (Phi) is 8.02. The zero-order chi connectivity index (χ0) is 24.9. The Morgan fingerprint density at radius 3 is 2.44 bits per heavy atom. The molecule has 7 heteroatoms. The third kappa shape index (κ3) is 6.62. The fourth-order valence-electron chi connectivity index (χ4n) is 3.71. The first-order chi connectivity index (χ1) is 16.1. The van der Waals surface area contributed by atoms with Gasteiger partial charge in [0.1, 0.15) is 0 Å². The molecule has 0 spiro atoms. The number of hydrogen-bond acceptors (Lipinski definition) is 5. The molecule has 3 aromatic carbocycles. The quantitative estimate of drug-likeness (QED) is 0.125. The minimum absolute atomic E-state index is 0.0175. The molecule has 0 bridgehead atoms. The number of thioether (sulfide) groups is 1. The fraction of sp³-hybridized carbons (Fsp3) is 0.259. The number of hydrazine groups is 1. The average molecular weight is 476 g/mol. The monoisotopic (exact) mass is 475 g/mol. The van der Waals surface area contributed by atoms with Crippen molar-refractivity contribution in [2.24, 2.45) is 16.7 Å². The van der Waals surface area contributed by atoms with E-state index >= 15 is 0 Å². The second-order valence-electron chi connectivity index (χ2n) is 9.25. The minimum Gasteiger partial charge on any atom is -0.382 e. The molecular weight excluding hydrogens is 442 g/mol. The number of hydrazone groups is 1. The number of nitrogens with two attached hydrogens (primary N) is 2. The van der Waals surface area contributed by atoms with E-state index < -0.39 is 0 Å². The minimum atomic E-state index is -0.0541. The molecule has 0 unspecified atom stereocenters. The van der Waals surface area contributed by atoms with E-state index in [0.717, 1.165) is 38.4 Å². The van der Waals surface area contributed by atoms with Crippen molar-refractivity contribution in [2.45, 2.75) is 50.7 Å². The number of rotatable bonds is 7. The molecule has 0 aliphatic rings. The van der Waals surface area contributed by atoms with E-state index in [4.69, 9.17) is 11.6 Å². The van der Waals surface area contributed by atoms with Crippen molar-refractivity contribution < 1.29 is 4.79 Å². The fourth-order valence-corrected chi connectivity index (χ4v) is 4.73. The lowest BCUT2D eigenvalue weighted by Crippen LogP contribution is -2.23. The second-order valence-corrected chi connectivity index (χ2v) is 11.1. The molecule has 6 N–H and O–H groups in total. The summed E-state index contributed by atoms with van der Waals surface area (Å²) in [7, 11) is 0. The number of nitrogens with zero attached hydrogens (tertiary/aromatic N) is 1. The largest absolute Gasteiger partial charge is 0.382 e. The zero-order valence-electron chi connectivity index (χ0n) is 20.4. The Morgan fingerprint density at radius 2 is 1.76 bits per heavy atom. The van der Waals surface area contributed by atoms with Crippen molar-refractivity contribution in [3.8, 4) is 11.1 Å². The maximum absolute atomic E-state index is 13.1. The molecule has 0 heterocycles. The lowest BCUT2D eigenvalue weighted by atomic mass is 9.98. The molecule has 0 saturated heterocycles. The Labute approximate surface area is 206 Å². The highest BCUT2D eigenvalue weighted by Crippen LogP contribution is 2.39. The molecule has 178 valence electrons. The van der Waals surface area contributed by atoms with Gasteiger partial charge in [0.05, 0.1) is 12.1 Å². The van der Waals surface area contributed by atoms with Gasteiger partial charge >= 0.3 is 0 Å². The molecule has 0 radical (unpaired) electrons. The van der Waals surface area contributed by atoms with Gasteiger partial charge in [-0.25, -0.2) is 11.4 Å². The number of carbonyl (C=O) groups is 1. The van der Waals surface area contributed by atoms with Crippen molar-refractivity contribution in [2.75, 3.05) is 5.32 Å². The van der Waals surface area contributed by atoms with Crippen molar-refractivity contribution >= 4 is 29.2 Å². The summed E-state index contributed by atoms with van der Waals surface area (Å²) in [6, 6.07) is 19.9. The number of aryl methyl sites for hydroxylation is 2. The van der Waals surface area contributed by atoms with Crippen molar-refractivity contribution in [3.63, 3.8) is 0 Å². The van der Waals surface area contributed by atoms with Crippen LogP contribution in [-0.2, 0) is 11.2 Å². The normalized spacial score (nSPS) is 11.9. The van der Waals surface area contributed by atoms with Crippen LogP contribution in [0.3, 0.4) is 0 Å². The summed E-state index contributed by atoms with van der Waals surface area (Å²) in [6.07, 6.45) is 0.314. The molecule has 0 aromatic heterocycles. The standard InChI is InChI=1S/C27H33N5OS/c1-17-10-11-19(18(2)14-17)16-25(33)30-23-15-20(12-13-24(23)34-27(3,4)5)21-8-6-7-9-22(21)26(28)31-32-29/h6-15,32H,16,29H2,1-5H3,(H2,28,31)(H,30,33). The van der Waals surface area contributed by atoms with Crippen LogP contribution in [-0.4, -0.2) is 16.5 Å². The summed E-state index contributed by atoms with van der Waals surface area (Å²) in [5, 5.41) is 7.08. The van der Waals surface area contributed by atoms with Gasteiger partial charge in [0, 0.05) is 15.2 Å². The van der Waals surface area contributed by atoms with E-state index in [9.17, 15) is 4.79 Å². The van der Waals surface area contributed by atoms with Gasteiger partial charge in [0.15, 0.2) is 5.84 Å². The number of amides is 1. The number of nitrogens with one attached hydrogen (secondary N) is 2. The van der Waals surface area contributed by atoms with Crippen LogP contribution in [0.25, 0.3) is 11.1 Å². The summed E-state index contributed by atoms with van der Waals surface area (Å²) < 4.78 is -0.0175. The summed E-state index contributed by atoms with van der Waals surface area (Å²) in [5.74, 6) is 5.56. The maximum Gasteiger partial charge on any atom is 0.228 e. The van der Waals surface area contributed by atoms with Crippen LogP contribution in [0.15, 0.2) is 70.7 Å². The Hall–Kier alpha value is -3.29. The predicted octanol–water partition coefficient (Wildman–Crippen LogP) is 5.13. The first kappa shape index (κ1) is 25.3. The van der Waals surface area contributed by atoms with Crippen LogP contribution in [0.4, 0.5) is 5.69 Å². The van der Waals surface area contributed by atoms with E-state index in [2.05, 4.69) is 49.7 Å². The van der Waals surface area contributed by atoms with Crippen LogP contribution in [0, 0.1) is 13.8 Å². The molecule has 0 saturated carbocycles. The first-order valence-corrected chi connectivity index (χ1v) is 12.0. The molecule has 3 aromatic rings. The van der Waals surface area contributed by atoms with Gasteiger partial charge in [-0.2, -0.15) is 0 Å². The van der Waals surface area contributed by atoms with Crippen molar-refractivity contribution in [3.05, 3.63) is 82.9 Å². The SMILES string of the molecule is Cc1ccc(CC(=O)Nc2cc(-c3ccccc3/C(N)=N/NN)ccc2SC(C)(C)C)c(C)c1. The summed E-state index contributed by atoms with van der Waals surface area (Å²) in [6.45, 7) is 10.5. The smallest absolute Gasteiger partial charge is 0.228 e. The average Bonchev–Trinajstić information content (AvgIpc) is 2.76. The van der Waals surface area contributed by atoms with E-state index in [1.807, 2.05) is 61.5 Å². The van der Waals surface area contributed by atoms with Crippen LogP contribution in [0.2, 0.25) is 0 Å². The maximum atomic E-state index is 13.1. The third-order valence-corrected chi connectivity index (χ3v) is 6.41. The lowest BCUT2D eigenvalue weighted by molar-refractivity contribution is -0.115. The zero-order valence-corrected chi connectivity index (χ0v) is 21.2. The van der Waals surface area contributed by atoms with Gasteiger partial charge in [0.2, 0.25) is 5.91 Å². The van der Waals surface area contributed by atoms with E-state index in [1.54, 1.807) is 11.8 Å². The Morgan fingerprint density at radius 1 is 1.03 bits per heavy atom. The molecule has 0 fully saturated rings. The first-order valence-electron chi connectivity index (χ1n) is 11.1. The molecule has 1 amide bonds.